The lowest BCUT2D eigenvalue weighted by Crippen LogP contribution is -2.14. The van der Waals surface area contributed by atoms with Gasteiger partial charge >= 0.3 is 0 Å². The highest BCUT2D eigenvalue weighted by atomic mass is 19.1. The van der Waals surface area contributed by atoms with E-state index in [9.17, 15) is 4.39 Å². The molecule has 0 saturated heterocycles. The monoisotopic (exact) mass is 154 g/mol. The summed E-state index contributed by atoms with van der Waals surface area (Å²) in [6.45, 7) is 5.81. The SMILES string of the molecule is CC(C)(C)c1ccnnc1F. The second-order valence-corrected chi connectivity index (χ2v) is 3.49. The molecule has 1 rings (SSSR count). The molecule has 3 heteroatoms. The highest BCUT2D eigenvalue weighted by Gasteiger charge is 2.18. The molecule has 0 atom stereocenters. The van der Waals surface area contributed by atoms with Gasteiger partial charge in [0.15, 0.2) is 0 Å². The fraction of sp³-hybridized carbons (Fsp3) is 0.500. The van der Waals surface area contributed by atoms with Crippen LogP contribution in [0.15, 0.2) is 12.3 Å². The van der Waals surface area contributed by atoms with Crippen LogP contribution < -0.4 is 0 Å². The molecule has 2 nitrogen and oxygen atoms in total. The van der Waals surface area contributed by atoms with Crippen molar-refractivity contribution < 1.29 is 4.39 Å². The minimum atomic E-state index is -0.472. The summed E-state index contributed by atoms with van der Waals surface area (Å²) in [4.78, 5) is 0. The van der Waals surface area contributed by atoms with Gasteiger partial charge in [0.25, 0.3) is 0 Å². The second kappa shape index (κ2) is 2.57. The lowest BCUT2D eigenvalue weighted by molar-refractivity contribution is 0.486. The minimum Gasteiger partial charge on any atom is -0.183 e. The van der Waals surface area contributed by atoms with E-state index in [0.29, 0.717) is 5.56 Å². The zero-order chi connectivity index (χ0) is 8.48. The van der Waals surface area contributed by atoms with Gasteiger partial charge in [-0.3, -0.25) is 0 Å². The van der Waals surface area contributed by atoms with E-state index in [1.165, 1.54) is 6.20 Å². The Morgan fingerprint density at radius 2 is 2.00 bits per heavy atom. The van der Waals surface area contributed by atoms with Crippen molar-refractivity contribution in [1.29, 1.82) is 0 Å². The number of nitrogens with zero attached hydrogens (tertiary/aromatic N) is 2. The molecule has 1 aromatic heterocycles. The molecule has 0 radical (unpaired) electrons. The van der Waals surface area contributed by atoms with Crippen molar-refractivity contribution in [2.24, 2.45) is 0 Å². The Bertz CT molecular complexity index is 253. The van der Waals surface area contributed by atoms with Gasteiger partial charge in [-0.15, -0.1) is 5.10 Å². The fourth-order valence-electron chi connectivity index (χ4n) is 0.874. The zero-order valence-electron chi connectivity index (χ0n) is 6.93. The maximum atomic E-state index is 12.9. The van der Waals surface area contributed by atoms with E-state index in [1.54, 1.807) is 6.07 Å². The van der Waals surface area contributed by atoms with E-state index >= 15 is 0 Å². The molecular formula is C8H11FN2. The third kappa shape index (κ3) is 1.73. The van der Waals surface area contributed by atoms with Crippen molar-refractivity contribution in [3.8, 4) is 0 Å². The molecule has 1 heterocycles. The summed E-state index contributed by atoms with van der Waals surface area (Å²) >= 11 is 0. The van der Waals surface area contributed by atoms with Gasteiger partial charge in [0, 0.05) is 5.56 Å². The molecule has 0 saturated carbocycles. The first-order chi connectivity index (χ1) is 5.02. The summed E-state index contributed by atoms with van der Waals surface area (Å²) in [6, 6.07) is 1.66. The smallest absolute Gasteiger partial charge is 0.183 e. The lowest BCUT2D eigenvalue weighted by Gasteiger charge is -2.17. The van der Waals surface area contributed by atoms with Crippen LogP contribution >= 0.6 is 0 Å². The molecule has 0 unspecified atom stereocenters. The molecule has 0 bridgehead atoms. The maximum absolute atomic E-state index is 12.9. The Labute approximate surface area is 65.5 Å². The van der Waals surface area contributed by atoms with Gasteiger partial charge in [-0.2, -0.15) is 9.49 Å². The molecule has 0 spiro atoms. The third-order valence-electron chi connectivity index (χ3n) is 1.48. The summed E-state index contributed by atoms with van der Waals surface area (Å²) in [6.07, 6.45) is 1.50. The van der Waals surface area contributed by atoms with Crippen LogP contribution in [0.5, 0.6) is 0 Å². The Morgan fingerprint density at radius 1 is 1.36 bits per heavy atom. The molecule has 11 heavy (non-hydrogen) atoms. The largest absolute Gasteiger partial charge is 0.236 e. The van der Waals surface area contributed by atoms with Gasteiger partial charge < -0.3 is 0 Å². The van der Waals surface area contributed by atoms with Crippen LogP contribution in [0.3, 0.4) is 0 Å². The Kier molecular flexibility index (Phi) is 1.89. The van der Waals surface area contributed by atoms with Crippen LogP contribution in [0.25, 0.3) is 0 Å². The molecule has 60 valence electrons. The van der Waals surface area contributed by atoms with Crippen LogP contribution in [0, 0.1) is 5.95 Å². The van der Waals surface area contributed by atoms with Crippen molar-refractivity contribution >= 4 is 0 Å². The normalized spacial score (nSPS) is 11.6. The second-order valence-electron chi connectivity index (χ2n) is 3.49. The lowest BCUT2D eigenvalue weighted by atomic mass is 9.88. The molecule has 0 aliphatic heterocycles. The molecule has 0 aromatic carbocycles. The predicted octanol–water partition coefficient (Wildman–Crippen LogP) is 1.91. The fourth-order valence-corrected chi connectivity index (χ4v) is 0.874. The van der Waals surface area contributed by atoms with E-state index in [4.69, 9.17) is 0 Å². The molecule has 0 amide bonds. The van der Waals surface area contributed by atoms with Gasteiger partial charge in [0.2, 0.25) is 5.95 Å². The van der Waals surface area contributed by atoms with Crippen LogP contribution in [0.1, 0.15) is 26.3 Å². The Hall–Kier alpha value is -0.990. The van der Waals surface area contributed by atoms with Gasteiger partial charge in [0.05, 0.1) is 6.20 Å². The van der Waals surface area contributed by atoms with Crippen LogP contribution in [0.2, 0.25) is 0 Å². The average Bonchev–Trinajstić information content (AvgIpc) is 1.86. The van der Waals surface area contributed by atoms with Crippen LogP contribution in [-0.2, 0) is 5.41 Å². The molecular weight excluding hydrogens is 143 g/mol. The van der Waals surface area contributed by atoms with E-state index in [0.717, 1.165) is 0 Å². The highest BCUT2D eigenvalue weighted by Crippen LogP contribution is 2.22. The number of halogens is 1. The van der Waals surface area contributed by atoms with E-state index in [1.807, 2.05) is 20.8 Å². The summed E-state index contributed by atoms with van der Waals surface area (Å²) in [7, 11) is 0. The van der Waals surface area contributed by atoms with Gasteiger partial charge in [0.1, 0.15) is 0 Å². The summed E-state index contributed by atoms with van der Waals surface area (Å²) in [5, 5.41) is 6.76. The first-order valence-electron chi connectivity index (χ1n) is 3.49. The Balaban J connectivity index is 3.14. The number of rotatable bonds is 0. The molecule has 0 fully saturated rings. The van der Waals surface area contributed by atoms with Crippen molar-refractivity contribution in [3.63, 3.8) is 0 Å². The molecule has 0 aliphatic rings. The highest BCUT2D eigenvalue weighted by molar-refractivity contribution is 5.17. The van der Waals surface area contributed by atoms with Crippen molar-refractivity contribution in [2.75, 3.05) is 0 Å². The van der Waals surface area contributed by atoms with Crippen molar-refractivity contribution in [2.45, 2.75) is 26.2 Å². The average molecular weight is 154 g/mol. The van der Waals surface area contributed by atoms with E-state index in [2.05, 4.69) is 10.2 Å². The zero-order valence-corrected chi connectivity index (χ0v) is 6.93. The van der Waals surface area contributed by atoms with Crippen molar-refractivity contribution in [3.05, 3.63) is 23.8 Å². The van der Waals surface area contributed by atoms with Crippen molar-refractivity contribution in [1.82, 2.24) is 10.2 Å². The van der Waals surface area contributed by atoms with E-state index < -0.39 is 5.95 Å². The molecule has 0 aliphatic carbocycles. The number of hydrogen-bond acceptors (Lipinski definition) is 2. The first kappa shape index (κ1) is 8.11. The topological polar surface area (TPSA) is 25.8 Å². The van der Waals surface area contributed by atoms with Crippen LogP contribution in [-0.4, -0.2) is 10.2 Å². The quantitative estimate of drug-likeness (QED) is 0.570. The third-order valence-corrected chi connectivity index (χ3v) is 1.48. The van der Waals surface area contributed by atoms with E-state index in [-0.39, 0.29) is 5.41 Å². The number of hydrogen-bond donors (Lipinski definition) is 0. The first-order valence-corrected chi connectivity index (χ1v) is 3.49. The molecule has 1 aromatic rings. The molecule has 0 N–H and O–H groups in total. The standard InChI is InChI=1S/C8H11FN2/c1-8(2,3)6-4-5-10-11-7(6)9/h4-5H,1-3H3. The van der Waals surface area contributed by atoms with Gasteiger partial charge in [-0.25, -0.2) is 0 Å². The Morgan fingerprint density at radius 3 is 2.36 bits per heavy atom. The van der Waals surface area contributed by atoms with Gasteiger partial charge in [-0.05, 0) is 11.5 Å². The number of aromatic nitrogens is 2. The maximum Gasteiger partial charge on any atom is 0.236 e. The predicted molar refractivity (Wildman–Crippen MR) is 40.7 cm³/mol. The minimum absolute atomic E-state index is 0.194. The summed E-state index contributed by atoms with van der Waals surface area (Å²) < 4.78 is 12.9. The summed E-state index contributed by atoms with van der Waals surface area (Å²) in [5.41, 5.74) is 0.410. The van der Waals surface area contributed by atoms with Crippen LogP contribution in [0.4, 0.5) is 4.39 Å². The summed E-state index contributed by atoms with van der Waals surface area (Å²) in [5.74, 6) is -0.472. The van der Waals surface area contributed by atoms with Gasteiger partial charge in [-0.1, -0.05) is 20.8 Å².